The highest BCUT2D eigenvalue weighted by molar-refractivity contribution is 7.89. The predicted molar refractivity (Wildman–Crippen MR) is 96.0 cm³/mol. The van der Waals surface area contributed by atoms with E-state index in [1.54, 1.807) is 23.1 Å². The molecule has 0 saturated carbocycles. The standard InChI is InChI=1S/C16H23N3O4S.ClH/c1-17-14-3-2-6-19(9-14)16(20)8-18-24(21,22)15-5-4-12-10-23-11-13(12)7-15;/h4-5,7,14,17-18H,2-3,6,8-11H2,1H3;1H. The minimum atomic E-state index is -3.70. The number of ether oxygens (including phenoxy) is 1. The molecule has 1 saturated heterocycles. The number of fused-ring (bicyclic) bond motifs is 1. The summed E-state index contributed by atoms with van der Waals surface area (Å²) in [5.41, 5.74) is 1.90. The van der Waals surface area contributed by atoms with Gasteiger partial charge >= 0.3 is 0 Å². The predicted octanol–water partition coefficient (Wildman–Crippen LogP) is 0.627. The molecule has 0 radical (unpaired) electrons. The molecule has 7 nitrogen and oxygen atoms in total. The van der Waals surface area contributed by atoms with Crippen LogP contribution in [0.25, 0.3) is 0 Å². The number of carbonyl (C=O) groups excluding carboxylic acids is 1. The second-order valence-electron chi connectivity index (χ2n) is 6.22. The van der Waals surface area contributed by atoms with Gasteiger partial charge in [-0.1, -0.05) is 6.07 Å². The number of benzene rings is 1. The Balaban J connectivity index is 0.00000225. The zero-order chi connectivity index (χ0) is 17.2. The quantitative estimate of drug-likeness (QED) is 0.771. The van der Waals surface area contributed by atoms with Crippen LogP contribution < -0.4 is 10.0 Å². The van der Waals surface area contributed by atoms with Crippen LogP contribution in [-0.4, -0.2) is 51.9 Å². The van der Waals surface area contributed by atoms with Crippen LogP contribution in [0.2, 0.25) is 0 Å². The molecule has 0 aromatic heterocycles. The number of likely N-dealkylation sites (N-methyl/N-ethyl adjacent to an activating group) is 1. The average Bonchev–Trinajstić information content (AvgIpc) is 3.07. The summed E-state index contributed by atoms with van der Waals surface area (Å²) in [5, 5.41) is 3.17. The Kier molecular flexibility index (Phi) is 6.81. The van der Waals surface area contributed by atoms with Crippen molar-refractivity contribution >= 4 is 28.3 Å². The number of rotatable bonds is 5. The van der Waals surface area contributed by atoms with E-state index in [1.807, 2.05) is 7.05 Å². The maximum Gasteiger partial charge on any atom is 0.241 e. The number of nitrogens with one attached hydrogen (secondary N) is 2. The number of piperidine rings is 1. The molecule has 0 bridgehead atoms. The molecule has 2 N–H and O–H groups in total. The second-order valence-corrected chi connectivity index (χ2v) is 7.98. The highest BCUT2D eigenvalue weighted by Crippen LogP contribution is 2.23. The van der Waals surface area contributed by atoms with Crippen molar-refractivity contribution in [1.82, 2.24) is 14.9 Å². The van der Waals surface area contributed by atoms with Crippen LogP contribution in [-0.2, 0) is 32.8 Å². The average molecular weight is 390 g/mol. The number of hydrogen-bond donors (Lipinski definition) is 2. The Labute approximate surface area is 154 Å². The first-order chi connectivity index (χ1) is 11.5. The summed E-state index contributed by atoms with van der Waals surface area (Å²) in [6.45, 7) is 2.02. The summed E-state index contributed by atoms with van der Waals surface area (Å²) in [4.78, 5) is 14.2. The van der Waals surface area contributed by atoms with Gasteiger partial charge in [-0.15, -0.1) is 12.4 Å². The van der Waals surface area contributed by atoms with Gasteiger partial charge in [0.25, 0.3) is 0 Å². The Bertz CT molecular complexity index is 726. The third-order valence-electron chi connectivity index (χ3n) is 4.60. The highest BCUT2D eigenvalue weighted by Gasteiger charge is 2.24. The fourth-order valence-corrected chi connectivity index (χ4v) is 4.13. The van der Waals surface area contributed by atoms with Crippen LogP contribution in [0.4, 0.5) is 0 Å². The third kappa shape index (κ3) is 4.71. The fraction of sp³-hybridized carbons (Fsp3) is 0.562. The number of halogens is 1. The minimum absolute atomic E-state index is 0. The molecule has 2 aliphatic rings. The zero-order valence-corrected chi connectivity index (χ0v) is 15.8. The van der Waals surface area contributed by atoms with Crippen molar-refractivity contribution in [2.24, 2.45) is 0 Å². The van der Waals surface area contributed by atoms with Crippen LogP contribution in [0.1, 0.15) is 24.0 Å². The number of hydrogen-bond acceptors (Lipinski definition) is 5. The van der Waals surface area contributed by atoms with E-state index in [9.17, 15) is 13.2 Å². The van der Waals surface area contributed by atoms with E-state index in [-0.39, 0.29) is 35.8 Å². The number of nitrogens with zero attached hydrogens (tertiary/aromatic N) is 1. The van der Waals surface area contributed by atoms with Crippen LogP contribution in [0, 0.1) is 0 Å². The summed E-state index contributed by atoms with van der Waals surface area (Å²) < 4.78 is 32.5. The third-order valence-corrected chi connectivity index (χ3v) is 6.00. The van der Waals surface area contributed by atoms with Crippen molar-refractivity contribution in [2.45, 2.75) is 37.0 Å². The van der Waals surface area contributed by atoms with Crippen LogP contribution in [0.15, 0.2) is 23.1 Å². The van der Waals surface area contributed by atoms with Crippen LogP contribution >= 0.6 is 12.4 Å². The summed E-state index contributed by atoms with van der Waals surface area (Å²) in [6, 6.07) is 5.21. The van der Waals surface area contributed by atoms with Crippen molar-refractivity contribution in [3.05, 3.63) is 29.3 Å². The van der Waals surface area contributed by atoms with E-state index in [0.29, 0.717) is 26.3 Å². The van der Waals surface area contributed by atoms with Gasteiger partial charge in [0.05, 0.1) is 24.7 Å². The molecule has 1 amide bonds. The molecule has 1 aromatic carbocycles. The maximum absolute atomic E-state index is 12.4. The van der Waals surface area contributed by atoms with Crippen LogP contribution in [0.5, 0.6) is 0 Å². The monoisotopic (exact) mass is 389 g/mol. The Morgan fingerprint density at radius 2 is 2.08 bits per heavy atom. The lowest BCUT2D eigenvalue weighted by Crippen LogP contribution is -2.49. The first-order valence-electron chi connectivity index (χ1n) is 8.14. The number of carbonyl (C=O) groups is 1. The van der Waals surface area contributed by atoms with Gasteiger partial charge in [0.1, 0.15) is 0 Å². The number of sulfonamides is 1. The SMILES string of the molecule is CNC1CCCN(C(=O)CNS(=O)(=O)c2ccc3c(c2)COC3)C1.Cl. The van der Waals surface area contributed by atoms with Crippen molar-refractivity contribution in [1.29, 1.82) is 0 Å². The van der Waals surface area contributed by atoms with Gasteiger partial charge in [-0.3, -0.25) is 4.79 Å². The van der Waals surface area contributed by atoms with Crippen molar-refractivity contribution in [2.75, 3.05) is 26.7 Å². The van der Waals surface area contributed by atoms with E-state index >= 15 is 0 Å². The summed E-state index contributed by atoms with van der Waals surface area (Å²) >= 11 is 0. The van der Waals surface area contributed by atoms with E-state index in [0.717, 1.165) is 24.0 Å². The molecule has 1 unspecified atom stereocenters. The fourth-order valence-electron chi connectivity index (χ4n) is 3.11. The molecular formula is C16H24ClN3O4S. The van der Waals surface area contributed by atoms with E-state index in [1.165, 1.54) is 0 Å². The number of likely N-dealkylation sites (tertiary alicyclic amines) is 1. The molecule has 140 valence electrons. The van der Waals surface area contributed by atoms with Gasteiger partial charge in [-0.25, -0.2) is 13.1 Å². The normalized spacial score (nSPS) is 20.0. The Hall–Kier alpha value is -1.19. The van der Waals surface area contributed by atoms with Crippen LogP contribution in [0.3, 0.4) is 0 Å². The first kappa shape index (κ1) is 20.1. The molecule has 25 heavy (non-hydrogen) atoms. The Morgan fingerprint density at radius 3 is 2.84 bits per heavy atom. The molecule has 1 fully saturated rings. The van der Waals surface area contributed by atoms with Gasteiger partial charge in [-0.2, -0.15) is 0 Å². The molecule has 0 aliphatic carbocycles. The van der Waals surface area contributed by atoms with Crippen molar-refractivity contribution in [3.63, 3.8) is 0 Å². The van der Waals surface area contributed by atoms with Gasteiger partial charge in [0.2, 0.25) is 15.9 Å². The highest BCUT2D eigenvalue weighted by atomic mass is 35.5. The van der Waals surface area contributed by atoms with Gasteiger partial charge in [0.15, 0.2) is 0 Å². The molecule has 1 aromatic rings. The summed E-state index contributed by atoms with van der Waals surface area (Å²) in [6.07, 6.45) is 1.96. The topological polar surface area (TPSA) is 87.7 Å². The lowest BCUT2D eigenvalue weighted by Gasteiger charge is -2.32. The van der Waals surface area contributed by atoms with Gasteiger partial charge in [0, 0.05) is 19.1 Å². The molecule has 3 rings (SSSR count). The summed E-state index contributed by atoms with van der Waals surface area (Å²) in [5.74, 6) is -0.192. The van der Waals surface area contributed by atoms with Gasteiger partial charge < -0.3 is 15.0 Å². The molecule has 2 aliphatic heterocycles. The lowest BCUT2D eigenvalue weighted by atomic mass is 10.1. The molecule has 1 atom stereocenters. The maximum atomic E-state index is 12.4. The van der Waals surface area contributed by atoms with E-state index < -0.39 is 10.0 Å². The minimum Gasteiger partial charge on any atom is -0.372 e. The van der Waals surface area contributed by atoms with Crippen molar-refractivity contribution in [3.8, 4) is 0 Å². The molecule has 2 heterocycles. The lowest BCUT2D eigenvalue weighted by molar-refractivity contribution is -0.131. The second kappa shape index (κ2) is 8.46. The first-order valence-corrected chi connectivity index (χ1v) is 9.62. The Morgan fingerprint density at radius 1 is 1.32 bits per heavy atom. The number of amides is 1. The zero-order valence-electron chi connectivity index (χ0n) is 14.2. The summed E-state index contributed by atoms with van der Waals surface area (Å²) in [7, 11) is -1.83. The molecule has 9 heteroatoms. The smallest absolute Gasteiger partial charge is 0.241 e. The largest absolute Gasteiger partial charge is 0.372 e. The molecule has 0 spiro atoms. The van der Waals surface area contributed by atoms with E-state index in [2.05, 4.69) is 10.0 Å². The molecular weight excluding hydrogens is 366 g/mol. The van der Waals surface area contributed by atoms with E-state index in [4.69, 9.17) is 4.74 Å². The van der Waals surface area contributed by atoms with Crippen molar-refractivity contribution < 1.29 is 17.9 Å². The van der Waals surface area contributed by atoms with Gasteiger partial charge in [-0.05, 0) is 43.1 Å².